The normalized spacial score (nSPS) is 10.2. The lowest BCUT2D eigenvalue weighted by Gasteiger charge is -2.19. The number of hydrogen-bond acceptors (Lipinski definition) is 4. The number of anilines is 1. The molecule has 0 atom stereocenters. The summed E-state index contributed by atoms with van der Waals surface area (Å²) < 4.78 is 5.04. The van der Waals surface area contributed by atoms with Gasteiger partial charge < -0.3 is 14.7 Å². The van der Waals surface area contributed by atoms with E-state index in [1.165, 1.54) is 0 Å². The minimum absolute atomic E-state index is 0.0966. The minimum atomic E-state index is -0.259. The molecule has 1 aromatic carbocycles. The van der Waals surface area contributed by atoms with Gasteiger partial charge in [-0.2, -0.15) is 0 Å². The second kappa shape index (κ2) is 5.39. The van der Waals surface area contributed by atoms with E-state index in [-0.39, 0.29) is 24.4 Å². The van der Waals surface area contributed by atoms with Crippen LogP contribution in [0.15, 0.2) is 24.3 Å². The highest BCUT2D eigenvalue weighted by Gasteiger charge is 2.09. The Hall–Kier alpha value is -1.71. The van der Waals surface area contributed by atoms with Crippen molar-refractivity contribution in [2.45, 2.75) is 20.0 Å². The second-order valence-corrected chi connectivity index (χ2v) is 3.91. The Labute approximate surface area is 95.5 Å². The Balaban J connectivity index is 2.55. The highest BCUT2D eigenvalue weighted by molar-refractivity contribution is 5.75. The molecule has 0 saturated carbocycles. The van der Waals surface area contributed by atoms with E-state index in [0.29, 0.717) is 0 Å². The van der Waals surface area contributed by atoms with E-state index in [1.807, 2.05) is 13.8 Å². The molecule has 0 bridgehead atoms. The van der Waals surface area contributed by atoms with Crippen molar-refractivity contribution >= 4 is 11.7 Å². The average Bonchev–Trinajstić information content (AvgIpc) is 2.16. The molecule has 0 spiro atoms. The molecule has 0 aromatic heterocycles. The van der Waals surface area contributed by atoms with Crippen LogP contribution in [0.3, 0.4) is 0 Å². The van der Waals surface area contributed by atoms with Crippen LogP contribution >= 0.6 is 0 Å². The molecule has 0 aliphatic rings. The molecule has 88 valence electrons. The van der Waals surface area contributed by atoms with Crippen LogP contribution in [0.4, 0.5) is 5.69 Å². The van der Waals surface area contributed by atoms with Gasteiger partial charge >= 0.3 is 5.97 Å². The molecule has 0 aliphatic carbocycles. The average molecular weight is 223 g/mol. The first-order chi connectivity index (χ1) is 7.49. The summed E-state index contributed by atoms with van der Waals surface area (Å²) in [5, 5.41) is 9.13. The third-order valence-corrected chi connectivity index (χ3v) is 2.02. The summed E-state index contributed by atoms with van der Waals surface area (Å²) in [6.07, 6.45) is -0.0966. The Morgan fingerprint density at radius 3 is 2.44 bits per heavy atom. The largest absolute Gasteiger partial charge is 0.508 e. The van der Waals surface area contributed by atoms with Crippen LogP contribution < -0.4 is 4.90 Å². The molecular formula is C12H17NO3. The lowest BCUT2D eigenvalue weighted by molar-refractivity contribution is -0.145. The fourth-order valence-corrected chi connectivity index (χ4v) is 1.29. The summed E-state index contributed by atoms with van der Waals surface area (Å²) in [4.78, 5) is 13.2. The number of rotatable bonds is 4. The number of phenols is 1. The summed E-state index contributed by atoms with van der Waals surface area (Å²) in [5.74, 6) is -0.0486. The maximum Gasteiger partial charge on any atom is 0.325 e. The van der Waals surface area contributed by atoms with Crippen LogP contribution in [0.5, 0.6) is 5.75 Å². The molecule has 0 saturated heterocycles. The topological polar surface area (TPSA) is 49.8 Å². The maximum absolute atomic E-state index is 11.4. The van der Waals surface area contributed by atoms with E-state index in [9.17, 15) is 4.79 Å². The van der Waals surface area contributed by atoms with Crippen molar-refractivity contribution in [3.8, 4) is 5.75 Å². The zero-order valence-corrected chi connectivity index (χ0v) is 9.80. The van der Waals surface area contributed by atoms with Crippen LogP contribution in [0, 0.1) is 0 Å². The quantitative estimate of drug-likeness (QED) is 0.790. The van der Waals surface area contributed by atoms with Gasteiger partial charge in [-0.25, -0.2) is 0 Å². The van der Waals surface area contributed by atoms with E-state index in [2.05, 4.69) is 0 Å². The number of likely N-dealkylation sites (N-methyl/N-ethyl adjacent to an activating group) is 1. The first kappa shape index (κ1) is 12.4. The molecule has 0 unspecified atom stereocenters. The third kappa shape index (κ3) is 3.81. The van der Waals surface area contributed by atoms with Crippen LogP contribution in [0.25, 0.3) is 0 Å². The van der Waals surface area contributed by atoms with E-state index in [0.717, 1.165) is 5.69 Å². The summed E-state index contributed by atoms with van der Waals surface area (Å²) in [6.45, 7) is 3.83. The fourth-order valence-electron chi connectivity index (χ4n) is 1.29. The summed E-state index contributed by atoms with van der Waals surface area (Å²) in [5.41, 5.74) is 0.860. The van der Waals surface area contributed by atoms with Crippen molar-refractivity contribution in [2.24, 2.45) is 0 Å². The maximum atomic E-state index is 11.4. The molecule has 1 aromatic rings. The fraction of sp³-hybridized carbons (Fsp3) is 0.417. The molecule has 16 heavy (non-hydrogen) atoms. The minimum Gasteiger partial charge on any atom is -0.508 e. The molecule has 1 N–H and O–H groups in total. The number of ether oxygens (including phenoxy) is 1. The van der Waals surface area contributed by atoms with E-state index >= 15 is 0 Å². The molecule has 0 aliphatic heterocycles. The number of benzene rings is 1. The van der Waals surface area contributed by atoms with Gasteiger partial charge in [-0.15, -0.1) is 0 Å². The van der Waals surface area contributed by atoms with Crippen LogP contribution in [-0.2, 0) is 9.53 Å². The van der Waals surface area contributed by atoms with Gasteiger partial charge in [0.1, 0.15) is 12.3 Å². The van der Waals surface area contributed by atoms with Gasteiger partial charge in [0.2, 0.25) is 0 Å². The number of hydrogen-bond donors (Lipinski definition) is 1. The van der Waals surface area contributed by atoms with Gasteiger partial charge in [0.25, 0.3) is 0 Å². The SMILES string of the molecule is CC(C)OC(=O)CN(C)c1ccc(O)cc1. The molecule has 4 heteroatoms. The lowest BCUT2D eigenvalue weighted by Crippen LogP contribution is -2.28. The number of aromatic hydroxyl groups is 1. The van der Waals surface area contributed by atoms with E-state index in [4.69, 9.17) is 9.84 Å². The predicted molar refractivity (Wildman–Crippen MR) is 62.6 cm³/mol. The summed E-state index contributed by atoms with van der Waals surface area (Å²) in [6, 6.07) is 6.66. The molecule has 0 fully saturated rings. The van der Waals surface area contributed by atoms with Crippen LogP contribution in [0.2, 0.25) is 0 Å². The molecule has 4 nitrogen and oxygen atoms in total. The Morgan fingerprint density at radius 2 is 1.94 bits per heavy atom. The van der Waals surface area contributed by atoms with Gasteiger partial charge in [-0.1, -0.05) is 0 Å². The van der Waals surface area contributed by atoms with Crippen molar-refractivity contribution < 1.29 is 14.6 Å². The molecule has 0 radical (unpaired) electrons. The van der Waals surface area contributed by atoms with Gasteiger partial charge in [0, 0.05) is 12.7 Å². The second-order valence-electron chi connectivity index (χ2n) is 3.91. The van der Waals surface area contributed by atoms with Gasteiger partial charge in [-0.3, -0.25) is 4.79 Å². The lowest BCUT2D eigenvalue weighted by atomic mass is 10.3. The zero-order chi connectivity index (χ0) is 12.1. The van der Waals surface area contributed by atoms with Gasteiger partial charge in [-0.05, 0) is 38.1 Å². The molecule has 1 rings (SSSR count). The highest BCUT2D eigenvalue weighted by atomic mass is 16.5. The van der Waals surface area contributed by atoms with Gasteiger partial charge in [0.15, 0.2) is 0 Å². The Bertz CT molecular complexity index is 346. The monoisotopic (exact) mass is 223 g/mol. The third-order valence-electron chi connectivity index (χ3n) is 2.02. The van der Waals surface area contributed by atoms with Crippen LogP contribution in [0.1, 0.15) is 13.8 Å². The molecule has 0 amide bonds. The predicted octanol–water partition coefficient (Wildman–Crippen LogP) is 1.78. The van der Waals surface area contributed by atoms with E-state index < -0.39 is 0 Å². The van der Waals surface area contributed by atoms with Crippen molar-refractivity contribution in [3.63, 3.8) is 0 Å². The van der Waals surface area contributed by atoms with Crippen molar-refractivity contribution in [2.75, 3.05) is 18.5 Å². The van der Waals surface area contributed by atoms with Crippen molar-refractivity contribution in [1.29, 1.82) is 0 Å². The van der Waals surface area contributed by atoms with Crippen LogP contribution in [-0.4, -0.2) is 30.8 Å². The smallest absolute Gasteiger partial charge is 0.325 e. The molecule has 0 heterocycles. The number of esters is 1. The standard InChI is InChI=1S/C12H17NO3/c1-9(2)16-12(15)8-13(3)10-4-6-11(14)7-5-10/h4-7,9,14H,8H2,1-3H3. The molecular weight excluding hydrogens is 206 g/mol. The Morgan fingerprint density at radius 1 is 1.38 bits per heavy atom. The first-order valence-corrected chi connectivity index (χ1v) is 5.18. The van der Waals surface area contributed by atoms with Crippen molar-refractivity contribution in [1.82, 2.24) is 0 Å². The number of carbonyl (C=O) groups is 1. The van der Waals surface area contributed by atoms with E-state index in [1.54, 1.807) is 36.2 Å². The summed E-state index contributed by atoms with van der Waals surface area (Å²) in [7, 11) is 1.80. The zero-order valence-electron chi connectivity index (χ0n) is 9.80. The number of nitrogens with zero attached hydrogens (tertiary/aromatic N) is 1. The first-order valence-electron chi connectivity index (χ1n) is 5.18. The number of phenolic OH excluding ortho intramolecular Hbond substituents is 1. The number of carbonyl (C=O) groups excluding carboxylic acids is 1. The summed E-state index contributed by atoms with van der Waals surface area (Å²) >= 11 is 0. The highest BCUT2D eigenvalue weighted by Crippen LogP contribution is 2.16. The Kier molecular flexibility index (Phi) is 4.17. The van der Waals surface area contributed by atoms with Gasteiger partial charge in [0.05, 0.1) is 6.10 Å². The van der Waals surface area contributed by atoms with Crippen molar-refractivity contribution in [3.05, 3.63) is 24.3 Å².